The summed E-state index contributed by atoms with van der Waals surface area (Å²) in [7, 11) is 0. The van der Waals surface area contributed by atoms with Gasteiger partial charge in [-0.25, -0.2) is 8.78 Å². The quantitative estimate of drug-likeness (QED) is 0.581. The second-order valence-electron chi connectivity index (χ2n) is 8.79. The van der Waals surface area contributed by atoms with Gasteiger partial charge in [0.1, 0.15) is 11.6 Å². The largest absolute Gasteiger partial charge is 0.372 e. The van der Waals surface area contributed by atoms with Gasteiger partial charge in [0.2, 0.25) is 6.41 Å². The molecular formula is C25H32ClF2N3O. The topological polar surface area (TPSA) is 78.9 Å². The first-order valence-corrected chi connectivity index (χ1v) is 10.9. The van der Waals surface area contributed by atoms with Gasteiger partial charge in [-0.15, -0.1) is 0 Å². The van der Waals surface area contributed by atoms with Gasteiger partial charge in [-0.1, -0.05) is 63.6 Å². The molecule has 4 nitrogen and oxygen atoms in total. The summed E-state index contributed by atoms with van der Waals surface area (Å²) in [5.41, 5.74) is 5.76. The van der Waals surface area contributed by atoms with Crippen LogP contribution in [0.5, 0.6) is 0 Å². The van der Waals surface area contributed by atoms with Gasteiger partial charge in [0, 0.05) is 23.5 Å². The Labute approximate surface area is 194 Å². The molecular weight excluding hydrogens is 432 g/mol. The Bertz CT molecular complexity index is 892. The van der Waals surface area contributed by atoms with Crippen LogP contribution in [0.15, 0.2) is 42.5 Å². The SMILES string of the molecule is CCc1cccc(C2CNC(CC(C)(C)C)C2C#N)c1F.Fc1cccc(Cl)c1.NC=O. The Kier molecular flexibility index (Phi) is 11.3. The van der Waals surface area contributed by atoms with Gasteiger partial charge in [0.25, 0.3) is 0 Å². The van der Waals surface area contributed by atoms with Crippen molar-refractivity contribution in [1.29, 1.82) is 5.26 Å². The van der Waals surface area contributed by atoms with Crippen molar-refractivity contribution in [2.45, 2.75) is 52.5 Å². The molecule has 7 heteroatoms. The van der Waals surface area contributed by atoms with Gasteiger partial charge in [0.15, 0.2) is 0 Å². The molecule has 174 valence electrons. The normalized spacial score (nSPS) is 19.6. The summed E-state index contributed by atoms with van der Waals surface area (Å²) in [6, 6.07) is 14.0. The maximum atomic E-state index is 14.6. The minimum absolute atomic E-state index is 0.0474. The molecule has 0 spiro atoms. The zero-order valence-corrected chi connectivity index (χ0v) is 19.8. The molecule has 0 aromatic heterocycles. The molecule has 0 saturated carbocycles. The average molecular weight is 464 g/mol. The van der Waals surface area contributed by atoms with Gasteiger partial charge in [0.05, 0.1) is 12.0 Å². The van der Waals surface area contributed by atoms with Crippen LogP contribution in [0.2, 0.25) is 5.02 Å². The molecule has 0 aliphatic carbocycles. The number of halogens is 3. The monoisotopic (exact) mass is 463 g/mol. The molecule has 1 saturated heterocycles. The van der Waals surface area contributed by atoms with E-state index in [-0.39, 0.29) is 41.3 Å². The van der Waals surface area contributed by atoms with Gasteiger partial charge in [-0.2, -0.15) is 5.26 Å². The number of primary amides is 1. The number of rotatable bonds is 3. The molecule has 1 amide bonds. The maximum absolute atomic E-state index is 14.6. The first-order chi connectivity index (χ1) is 15.1. The molecule has 1 heterocycles. The second kappa shape index (κ2) is 13.1. The third-order valence-electron chi connectivity index (χ3n) is 5.12. The number of nitrogens with zero attached hydrogens (tertiary/aromatic N) is 1. The van der Waals surface area contributed by atoms with E-state index in [1.807, 2.05) is 25.1 Å². The van der Waals surface area contributed by atoms with E-state index in [9.17, 15) is 14.0 Å². The first kappa shape index (κ1) is 27.5. The summed E-state index contributed by atoms with van der Waals surface area (Å²) in [6.45, 7) is 9.17. The molecule has 3 unspecified atom stereocenters. The molecule has 3 N–H and O–H groups in total. The van der Waals surface area contributed by atoms with E-state index in [1.54, 1.807) is 12.1 Å². The van der Waals surface area contributed by atoms with Crippen LogP contribution in [0.25, 0.3) is 0 Å². The molecule has 1 fully saturated rings. The number of hydrogen-bond acceptors (Lipinski definition) is 3. The van der Waals surface area contributed by atoms with Crippen LogP contribution < -0.4 is 11.1 Å². The number of nitriles is 1. The van der Waals surface area contributed by atoms with Gasteiger partial charge in [-0.3, -0.25) is 4.79 Å². The number of carbonyl (C=O) groups is 1. The molecule has 1 aliphatic heterocycles. The fourth-order valence-corrected chi connectivity index (χ4v) is 3.95. The van der Waals surface area contributed by atoms with E-state index >= 15 is 0 Å². The van der Waals surface area contributed by atoms with Crippen molar-refractivity contribution < 1.29 is 13.6 Å². The number of hydrogen-bond donors (Lipinski definition) is 2. The Morgan fingerprint density at radius 1 is 1.25 bits per heavy atom. The van der Waals surface area contributed by atoms with Crippen LogP contribution in [-0.2, 0) is 11.2 Å². The smallest absolute Gasteiger partial charge is 0.204 e. The standard InChI is InChI=1S/C18H25FN2.C6H4ClF.CH3NO/c1-5-12-7-6-8-13(17(12)19)15-11-21-16(14(15)10-20)9-18(2,3)4;7-5-2-1-3-6(8)4-5;2-1-3/h6-8,14-16,21H,5,9,11H2,1-4H3;1-4H;1H,(H2,2,3). The van der Waals surface area contributed by atoms with Crippen LogP contribution in [0.1, 0.15) is 51.2 Å². The summed E-state index contributed by atoms with van der Waals surface area (Å²) in [5, 5.41) is 13.4. The van der Waals surface area contributed by atoms with Crippen LogP contribution in [-0.4, -0.2) is 19.0 Å². The maximum Gasteiger partial charge on any atom is 0.204 e. The van der Waals surface area contributed by atoms with Crippen molar-refractivity contribution in [2.75, 3.05) is 6.54 Å². The number of nitrogens with one attached hydrogen (secondary N) is 1. The predicted octanol–water partition coefficient (Wildman–Crippen LogP) is 5.60. The average Bonchev–Trinajstić information content (AvgIpc) is 3.09. The fourth-order valence-electron chi connectivity index (χ4n) is 3.77. The van der Waals surface area contributed by atoms with E-state index in [4.69, 9.17) is 16.4 Å². The Morgan fingerprint density at radius 2 is 1.88 bits per heavy atom. The van der Waals surface area contributed by atoms with E-state index in [2.05, 4.69) is 37.9 Å². The van der Waals surface area contributed by atoms with Crippen molar-refractivity contribution in [3.05, 3.63) is 70.2 Å². The highest BCUT2D eigenvalue weighted by Crippen LogP contribution is 2.37. The minimum atomic E-state index is -0.294. The zero-order valence-electron chi connectivity index (χ0n) is 19.0. The van der Waals surface area contributed by atoms with Crippen LogP contribution >= 0.6 is 11.6 Å². The van der Waals surface area contributed by atoms with E-state index in [1.165, 1.54) is 12.1 Å². The molecule has 0 radical (unpaired) electrons. The summed E-state index contributed by atoms with van der Waals surface area (Å²) < 4.78 is 26.6. The summed E-state index contributed by atoms with van der Waals surface area (Å²) in [6.07, 6.45) is 1.86. The lowest BCUT2D eigenvalue weighted by Gasteiger charge is -2.26. The molecule has 3 rings (SSSR count). The first-order valence-electron chi connectivity index (χ1n) is 10.5. The predicted molar refractivity (Wildman–Crippen MR) is 125 cm³/mol. The minimum Gasteiger partial charge on any atom is -0.372 e. The van der Waals surface area contributed by atoms with Crippen LogP contribution in [0.3, 0.4) is 0 Å². The number of amides is 1. The molecule has 2 aromatic carbocycles. The van der Waals surface area contributed by atoms with Crippen molar-refractivity contribution in [2.24, 2.45) is 17.1 Å². The highest BCUT2D eigenvalue weighted by molar-refractivity contribution is 6.30. The third-order valence-corrected chi connectivity index (χ3v) is 5.36. The zero-order chi connectivity index (χ0) is 24.3. The number of aryl methyl sites for hydroxylation is 1. The lowest BCUT2D eigenvalue weighted by Crippen LogP contribution is -2.31. The lowest BCUT2D eigenvalue weighted by molar-refractivity contribution is -0.106. The van der Waals surface area contributed by atoms with Crippen molar-refractivity contribution in [3.63, 3.8) is 0 Å². The lowest BCUT2D eigenvalue weighted by atomic mass is 9.79. The summed E-state index contributed by atoms with van der Waals surface area (Å²) in [4.78, 5) is 8.58. The van der Waals surface area contributed by atoms with Crippen LogP contribution in [0, 0.1) is 34.3 Å². The van der Waals surface area contributed by atoms with Gasteiger partial charge >= 0.3 is 0 Å². The number of benzene rings is 2. The van der Waals surface area contributed by atoms with Crippen molar-refractivity contribution in [1.82, 2.24) is 5.32 Å². The van der Waals surface area contributed by atoms with Crippen molar-refractivity contribution >= 4 is 18.0 Å². The highest BCUT2D eigenvalue weighted by atomic mass is 35.5. The van der Waals surface area contributed by atoms with E-state index in [0.717, 1.165) is 12.0 Å². The summed E-state index contributed by atoms with van der Waals surface area (Å²) >= 11 is 5.40. The molecule has 32 heavy (non-hydrogen) atoms. The Hall–Kier alpha value is -2.49. The summed E-state index contributed by atoms with van der Waals surface area (Å²) in [5.74, 6) is -0.624. The molecule has 2 aromatic rings. The van der Waals surface area contributed by atoms with Gasteiger partial charge < -0.3 is 11.1 Å². The van der Waals surface area contributed by atoms with E-state index < -0.39 is 0 Å². The van der Waals surface area contributed by atoms with Gasteiger partial charge in [-0.05, 0) is 47.6 Å². The van der Waals surface area contributed by atoms with Crippen LogP contribution in [0.4, 0.5) is 8.78 Å². The number of carbonyl (C=O) groups excluding carboxylic acids is 1. The molecule has 3 atom stereocenters. The molecule has 1 aliphatic rings. The Morgan fingerprint density at radius 3 is 2.34 bits per heavy atom. The molecule has 0 bridgehead atoms. The Balaban J connectivity index is 0.000000384. The van der Waals surface area contributed by atoms with Crippen molar-refractivity contribution in [3.8, 4) is 6.07 Å². The fraction of sp³-hybridized carbons (Fsp3) is 0.440. The second-order valence-corrected chi connectivity index (χ2v) is 9.23. The van der Waals surface area contributed by atoms with E-state index in [0.29, 0.717) is 23.6 Å². The third kappa shape index (κ3) is 8.57. The number of nitrogens with two attached hydrogens (primary N) is 1. The highest BCUT2D eigenvalue weighted by Gasteiger charge is 2.39.